The van der Waals surface area contributed by atoms with Crippen LogP contribution in [0.25, 0.3) is 0 Å². The molecule has 3 nitrogen and oxygen atoms in total. The van der Waals surface area contributed by atoms with Crippen molar-refractivity contribution < 1.29 is 5.11 Å². The molecule has 1 N–H and O–H groups in total. The van der Waals surface area contributed by atoms with Crippen molar-refractivity contribution in [3.8, 4) is 0 Å². The molecule has 0 aromatic carbocycles. The van der Waals surface area contributed by atoms with Gasteiger partial charge in [-0.15, -0.1) is 11.8 Å². The van der Waals surface area contributed by atoms with Gasteiger partial charge in [-0.2, -0.15) is 0 Å². The molecular formula is C16H22N2OS. The Balaban J connectivity index is 2.52. The maximum Gasteiger partial charge on any atom is 0.0789 e. The van der Waals surface area contributed by atoms with Gasteiger partial charge in [0, 0.05) is 30.2 Å². The molecule has 0 atom stereocenters. The van der Waals surface area contributed by atoms with E-state index >= 15 is 0 Å². The third-order valence-electron chi connectivity index (χ3n) is 3.66. The molecule has 2 heterocycles. The summed E-state index contributed by atoms with van der Waals surface area (Å²) in [7, 11) is 0. The van der Waals surface area contributed by atoms with Crippen molar-refractivity contribution in [2.24, 2.45) is 0 Å². The molecule has 0 radical (unpaired) electrons. The van der Waals surface area contributed by atoms with Gasteiger partial charge in [0.15, 0.2) is 0 Å². The molecule has 4 heteroatoms. The first-order valence-electron chi connectivity index (χ1n) is 6.85. The Morgan fingerprint density at radius 2 is 1.95 bits per heavy atom. The van der Waals surface area contributed by atoms with E-state index in [0.717, 1.165) is 17.8 Å². The lowest BCUT2D eigenvalue weighted by atomic mass is 10.0. The fourth-order valence-electron chi connectivity index (χ4n) is 2.66. The van der Waals surface area contributed by atoms with Crippen LogP contribution in [0.2, 0.25) is 0 Å². The molecule has 108 valence electrons. The summed E-state index contributed by atoms with van der Waals surface area (Å²) < 4.78 is 2.31. The third kappa shape index (κ3) is 2.76. The standard InChI is InChI=1S/C16H22N2OS/c1-11(2)15-14(10-19)12(3)18(16(15)20-4)9-13-5-7-17-8-6-13/h5-8,11,19H,9-10H2,1-4H3. The van der Waals surface area contributed by atoms with Crippen LogP contribution in [0.15, 0.2) is 29.6 Å². The largest absolute Gasteiger partial charge is 0.392 e. The number of hydrogen-bond donors (Lipinski definition) is 1. The van der Waals surface area contributed by atoms with Crippen LogP contribution in [0.3, 0.4) is 0 Å². The van der Waals surface area contributed by atoms with Crippen LogP contribution in [-0.2, 0) is 13.2 Å². The number of pyridine rings is 1. The molecule has 0 aliphatic rings. The summed E-state index contributed by atoms with van der Waals surface area (Å²) in [6, 6.07) is 4.08. The van der Waals surface area contributed by atoms with Crippen molar-refractivity contribution in [1.29, 1.82) is 0 Å². The van der Waals surface area contributed by atoms with E-state index in [-0.39, 0.29) is 6.61 Å². The second-order valence-corrected chi connectivity index (χ2v) is 6.04. The van der Waals surface area contributed by atoms with Crippen LogP contribution in [0, 0.1) is 6.92 Å². The first-order chi connectivity index (χ1) is 9.60. The number of aliphatic hydroxyl groups excluding tert-OH is 1. The summed E-state index contributed by atoms with van der Waals surface area (Å²) in [6.07, 6.45) is 5.75. The summed E-state index contributed by atoms with van der Waals surface area (Å²) >= 11 is 1.76. The maximum atomic E-state index is 9.71. The molecule has 0 fully saturated rings. The number of aromatic nitrogens is 2. The van der Waals surface area contributed by atoms with Gasteiger partial charge in [0.2, 0.25) is 0 Å². The van der Waals surface area contributed by atoms with Crippen LogP contribution in [0.5, 0.6) is 0 Å². The Morgan fingerprint density at radius 1 is 1.30 bits per heavy atom. The van der Waals surface area contributed by atoms with Gasteiger partial charge in [-0.3, -0.25) is 4.98 Å². The zero-order valence-corrected chi connectivity index (χ0v) is 13.4. The van der Waals surface area contributed by atoms with Crippen LogP contribution in [0.4, 0.5) is 0 Å². The van der Waals surface area contributed by atoms with E-state index in [1.54, 1.807) is 11.8 Å². The molecule has 0 spiro atoms. The monoisotopic (exact) mass is 290 g/mol. The van der Waals surface area contributed by atoms with Crippen molar-refractivity contribution in [1.82, 2.24) is 9.55 Å². The van der Waals surface area contributed by atoms with Crippen LogP contribution >= 0.6 is 11.8 Å². The molecule has 0 saturated heterocycles. The van der Waals surface area contributed by atoms with E-state index in [4.69, 9.17) is 0 Å². The fourth-order valence-corrected chi connectivity index (χ4v) is 3.66. The molecule has 0 aliphatic heterocycles. The van der Waals surface area contributed by atoms with E-state index in [1.807, 2.05) is 24.5 Å². The Hall–Kier alpha value is -1.26. The van der Waals surface area contributed by atoms with E-state index in [9.17, 15) is 5.11 Å². The zero-order valence-electron chi connectivity index (χ0n) is 12.6. The minimum atomic E-state index is 0.107. The first-order valence-corrected chi connectivity index (χ1v) is 8.08. The van der Waals surface area contributed by atoms with Crippen LogP contribution in [0.1, 0.15) is 42.1 Å². The zero-order chi connectivity index (χ0) is 14.7. The van der Waals surface area contributed by atoms with Gasteiger partial charge in [-0.1, -0.05) is 13.8 Å². The lowest BCUT2D eigenvalue weighted by Crippen LogP contribution is -2.04. The Morgan fingerprint density at radius 3 is 2.45 bits per heavy atom. The highest BCUT2D eigenvalue weighted by atomic mass is 32.2. The quantitative estimate of drug-likeness (QED) is 0.855. The van der Waals surface area contributed by atoms with Crippen molar-refractivity contribution in [3.63, 3.8) is 0 Å². The minimum Gasteiger partial charge on any atom is -0.392 e. The van der Waals surface area contributed by atoms with Crippen LogP contribution in [-0.4, -0.2) is 20.9 Å². The number of thioether (sulfide) groups is 1. The lowest BCUT2D eigenvalue weighted by Gasteiger charge is -2.12. The summed E-state index contributed by atoms with van der Waals surface area (Å²) in [5.41, 5.74) is 4.76. The van der Waals surface area contributed by atoms with Gasteiger partial charge in [0.1, 0.15) is 0 Å². The summed E-state index contributed by atoms with van der Waals surface area (Å²) in [5.74, 6) is 0.414. The smallest absolute Gasteiger partial charge is 0.0789 e. The maximum absolute atomic E-state index is 9.71. The van der Waals surface area contributed by atoms with Gasteiger partial charge in [-0.25, -0.2) is 0 Å². The summed E-state index contributed by atoms with van der Waals surface area (Å²) in [4.78, 5) is 4.06. The Bertz CT molecular complexity index is 576. The minimum absolute atomic E-state index is 0.107. The average molecular weight is 290 g/mol. The van der Waals surface area contributed by atoms with Gasteiger partial charge in [0.05, 0.1) is 11.6 Å². The SMILES string of the molecule is CSc1c(C(C)C)c(CO)c(C)n1Cc1ccncc1. The Kier molecular flexibility index (Phi) is 4.89. The Labute approximate surface area is 125 Å². The number of aliphatic hydroxyl groups is 1. The van der Waals surface area contributed by atoms with Gasteiger partial charge in [0.25, 0.3) is 0 Å². The van der Waals surface area contributed by atoms with E-state index in [1.165, 1.54) is 16.2 Å². The predicted molar refractivity (Wildman–Crippen MR) is 84.3 cm³/mol. The fraction of sp³-hybridized carbons (Fsp3) is 0.438. The molecular weight excluding hydrogens is 268 g/mol. The molecule has 0 bridgehead atoms. The summed E-state index contributed by atoms with van der Waals surface area (Å²) in [5, 5.41) is 11.0. The number of hydrogen-bond acceptors (Lipinski definition) is 3. The lowest BCUT2D eigenvalue weighted by molar-refractivity contribution is 0.279. The van der Waals surface area contributed by atoms with E-state index in [0.29, 0.717) is 5.92 Å². The van der Waals surface area contributed by atoms with E-state index < -0.39 is 0 Å². The van der Waals surface area contributed by atoms with Gasteiger partial charge >= 0.3 is 0 Å². The molecule has 0 saturated carbocycles. The highest BCUT2D eigenvalue weighted by molar-refractivity contribution is 7.98. The van der Waals surface area contributed by atoms with E-state index in [2.05, 4.69) is 36.6 Å². The van der Waals surface area contributed by atoms with Crippen molar-refractivity contribution in [2.45, 2.75) is 44.9 Å². The highest BCUT2D eigenvalue weighted by Gasteiger charge is 2.21. The normalized spacial score (nSPS) is 11.3. The predicted octanol–water partition coefficient (Wildman–Crippen LogP) is 3.58. The summed E-state index contributed by atoms with van der Waals surface area (Å²) in [6.45, 7) is 7.40. The van der Waals surface area contributed by atoms with Crippen molar-refractivity contribution in [2.75, 3.05) is 6.26 Å². The van der Waals surface area contributed by atoms with Crippen molar-refractivity contribution >= 4 is 11.8 Å². The molecule has 2 aromatic heterocycles. The highest BCUT2D eigenvalue weighted by Crippen LogP contribution is 2.35. The van der Waals surface area contributed by atoms with Crippen molar-refractivity contribution in [3.05, 3.63) is 46.9 Å². The van der Waals surface area contributed by atoms with Crippen LogP contribution < -0.4 is 0 Å². The third-order valence-corrected chi connectivity index (χ3v) is 4.49. The average Bonchev–Trinajstić information content (AvgIpc) is 2.72. The molecule has 0 unspecified atom stereocenters. The van der Waals surface area contributed by atoms with Gasteiger partial charge in [-0.05, 0) is 42.4 Å². The molecule has 0 aliphatic carbocycles. The second-order valence-electron chi connectivity index (χ2n) is 5.24. The second kappa shape index (κ2) is 6.46. The van der Waals surface area contributed by atoms with Gasteiger partial charge < -0.3 is 9.67 Å². The first kappa shape index (κ1) is 15.1. The number of rotatable bonds is 5. The topological polar surface area (TPSA) is 38.0 Å². The molecule has 20 heavy (non-hydrogen) atoms. The molecule has 2 aromatic rings. The molecule has 2 rings (SSSR count). The number of nitrogens with zero attached hydrogens (tertiary/aromatic N) is 2. The molecule has 0 amide bonds.